The van der Waals surface area contributed by atoms with Crippen LogP contribution in [0.25, 0.3) is 0 Å². The highest BCUT2D eigenvalue weighted by molar-refractivity contribution is 5.78. The first-order chi connectivity index (χ1) is 13.6. The fourth-order valence-electron chi connectivity index (χ4n) is 4.03. The topological polar surface area (TPSA) is 65.2 Å². The van der Waals surface area contributed by atoms with Gasteiger partial charge in [-0.1, -0.05) is 0 Å². The molecule has 1 atom stereocenters. The third kappa shape index (κ3) is 4.14. The van der Waals surface area contributed by atoms with Crippen molar-refractivity contribution in [2.75, 3.05) is 19.8 Å². The molecule has 2 aliphatic carbocycles. The lowest BCUT2D eigenvalue weighted by atomic mass is 9.97. The van der Waals surface area contributed by atoms with Crippen LogP contribution in [0.1, 0.15) is 48.6 Å². The first kappa shape index (κ1) is 17.9. The van der Waals surface area contributed by atoms with Crippen LogP contribution < -0.4 is 0 Å². The summed E-state index contributed by atoms with van der Waals surface area (Å²) in [5.74, 6) is 1.83. The molecule has 0 bridgehead atoms. The van der Waals surface area contributed by atoms with E-state index in [2.05, 4.69) is 16.0 Å². The number of rotatable bonds is 8. The maximum atomic E-state index is 12.9. The van der Waals surface area contributed by atoms with Gasteiger partial charge >= 0.3 is 0 Å². The fourth-order valence-corrected chi connectivity index (χ4v) is 4.03. The van der Waals surface area contributed by atoms with Crippen LogP contribution in [0.15, 0.2) is 18.5 Å². The molecule has 0 saturated heterocycles. The third-order valence-electron chi connectivity index (χ3n) is 6.02. The van der Waals surface area contributed by atoms with Gasteiger partial charge in [0.05, 0.1) is 24.4 Å². The van der Waals surface area contributed by atoms with E-state index in [1.165, 1.54) is 31.2 Å². The first-order valence-electron chi connectivity index (χ1n) is 10.5. The highest BCUT2D eigenvalue weighted by Gasteiger charge is 2.33. The van der Waals surface area contributed by atoms with Crippen LogP contribution in [0.5, 0.6) is 0 Å². The molecular weight excluding hydrogens is 354 g/mol. The van der Waals surface area contributed by atoms with Crippen molar-refractivity contribution in [1.29, 1.82) is 0 Å². The minimum atomic E-state index is 0.131. The SMILES string of the molecule is Cn1ccc(CC(=O)N2Cc3cn(CC4CC4)nc3C(COCC3CC3)C2)n1. The average Bonchev–Trinajstić information content (AvgIpc) is 3.57. The number of aromatic nitrogens is 4. The van der Waals surface area contributed by atoms with Gasteiger partial charge in [0.2, 0.25) is 5.91 Å². The second-order valence-corrected chi connectivity index (χ2v) is 8.81. The van der Waals surface area contributed by atoms with Gasteiger partial charge in [0.25, 0.3) is 0 Å². The van der Waals surface area contributed by atoms with Crippen molar-refractivity contribution in [1.82, 2.24) is 24.5 Å². The molecule has 150 valence electrons. The highest BCUT2D eigenvalue weighted by Crippen LogP contribution is 2.33. The molecule has 2 saturated carbocycles. The average molecular weight is 383 g/mol. The van der Waals surface area contributed by atoms with Gasteiger partial charge in [-0.25, -0.2) is 0 Å². The maximum Gasteiger partial charge on any atom is 0.228 e. The van der Waals surface area contributed by atoms with E-state index in [1.807, 2.05) is 24.2 Å². The molecule has 7 heteroatoms. The van der Waals surface area contributed by atoms with Crippen LogP contribution >= 0.6 is 0 Å². The van der Waals surface area contributed by atoms with Gasteiger partial charge in [0.1, 0.15) is 0 Å². The van der Waals surface area contributed by atoms with E-state index in [0.29, 0.717) is 26.1 Å². The van der Waals surface area contributed by atoms with Gasteiger partial charge in [-0.3, -0.25) is 14.2 Å². The smallest absolute Gasteiger partial charge is 0.228 e. The molecule has 2 aromatic rings. The second kappa shape index (κ2) is 7.35. The molecule has 1 unspecified atom stereocenters. The largest absolute Gasteiger partial charge is 0.380 e. The van der Waals surface area contributed by atoms with E-state index >= 15 is 0 Å². The number of aryl methyl sites for hydroxylation is 1. The van der Waals surface area contributed by atoms with Gasteiger partial charge in [0.15, 0.2) is 0 Å². The Labute approximate surface area is 165 Å². The summed E-state index contributed by atoms with van der Waals surface area (Å²) >= 11 is 0. The maximum absolute atomic E-state index is 12.9. The fraction of sp³-hybridized carbons (Fsp3) is 0.667. The third-order valence-corrected chi connectivity index (χ3v) is 6.02. The Morgan fingerprint density at radius 2 is 2.00 bits per heavy atom. The van der Waals surface area contributed by atoms with Crippen molar-refractivity contribution < 1.29 is 9.53 Å². The number of nitrogens with zero attached hydrogens (tertiary/aromatic N) is 5. The Balaban J connectivity index is 1.30. The molecular formula is C21H29N5O2. The van der Waals surface area contributed by atoms with Gasteiger partial charge in [-0.15, -0.1) is 0 Å². The Bertz CT molecular complexity index is 849. The molecule has 0 aromatic carbocycles. The second-order valence-electron chi connectivity index (χ2n) is 8.81. The zero-order valence-corrected chi connectivity index (χ0v) is 16.6. The molecule has 1 amide bonds. The predicted molar refractivity (Wildman–Crippen MR) is 104 cm³/mol. The summed E-state index contributed by atoms with van der Waals surface area (Å²) in [6.45, 7) is 3.83. The number of hydrogen-bond acceptors (Lipinski definition) is 4. The van der Waals surface area contributed by atoms with Crippen molar-refractivity contribution in [2.24, 2.45) is 18.9 Å². The van der Waals surface area contributed by atoms with Gasteiger partial charge in [0, 0.05) is 57.2 Å². The standard InChI is InChI=1S/C21H29N5O2/c1-24-7-6-19(22-24)8-20(27)25-10-17-12-26(9-15-2-3-15)23-21(17)18(11-25)14-28-13-16-4-5-16/h6-7,12,15-16,18H,2-5,8-11,13-14H2,1H3. The molecule has 28 heavy (non-hydrogen) atoms. The van der Waals surface area contributed by atoms with E-state index in [1.54, 1.807) is 4.68 Å². The van der Waals surface area contributed by atoms with E-state index in [9.17, 15) is 4.79 Å². The van der Waals surface area contributed by atoms with Gasteiger partial charge in [-0.05, 0) is 43.6 Å². The minimum Gasteiger partial charge on any atom is -0.380 e. The molecule has 0 spiro atoms. The zero-order chi connectivity index (χ0) is 19.1. The van der Waals surface area contributed by atoms with Crippen molar-refractivity contribution in [3.05, 3.63) is 35.4 Å². The monoisotopic (exact) mass is 383 g/mol. The quantitative estimate of drug-likeness (QED) is 0.700. The summed E-state index contributed by atoms with van der Waals surface area (Å²) < 4.78 is 9.85. The molecule has 2 fully saturated rings. The Kier molecular flexibility index (Phi) is 4.70. The summed E-state index contributed by atoms with van der Waals surface area (Å²) in [7, 11) is 1.88. The van der Waals surface area contributed by atoms with E-state index in [4.69, 9.17) is 9.84 Å². The van der Waals surface area contributed by atoms with Crippen molar-refractivity contribution in [3.63, 3.8) is 0 Å². The lowest BCUT2D eigenvalue weighted by molar-refractivity contribution is -0.132. The molecule has 3 aliphatic rings. The number of amides is 1. The van der Waals surface area contributed by atoms with Gasteiger partial charge in [-0.2, -0.15) is 10.2 Å². The number of fused-ring (bicyclic) bond motifs is 1. The lowest BCUT2D eigenvalue weighted by Gasteiger charge is -2.32. The molecule has 0 N–H and O–H groups in total. The van der Waals surface area contributed by atoms with Crippen LogP contribution in [-0.4, -0.2) is 50.1 Å². The number of carbonyl (C=O) groups excluding carboxylic acids is 1. The molecule has 7 nitrogen and oxygen atoms in total. The summed E-state index contributed by atoms with van der Waals surface area (Å²) in [6, 6.07) is 1.91. The molecule has 0 radical (unpaired) electrons. The van der Waals surface area contributed by atoms with E-state index in [-0.39, 0.29) is 11.8 Å². The van der Waals surface area contributed by atoms with Crippen LogP contribution in [0, 0.1) is 11.8 Å². The normalized spacial score (nSPS) is 21.8. The Hall–Kier alpha value is -2.15. The van der Waals surface area contributed by atoms with Crippen molar-refractivity contribution in [2.45, 2.75) is 51.1 Å². The Morgan fingerprint density at radius 3 is 2.71 bits per heavy atom. The van der Waals surface area contributed by atoms with Crippen LogP contribution in [-0.2, 0) is 36.1 Å². The Morgan fingerprint density at radius 1 is 1.18 bits per heavy atom. The first-order valence-corrected chi connectivity index (χ1v) is 10.5. The molecule has 3 heterocycles. The van der Waals surface area contributed by atoms with Crippen LogP contribution in [0.4, 0.5) is 0 Å². The molecule has 1 aliphatic heterocycles. The zero-order valence-electron chi connectivity index (χ0n) is 16.6. The van der Waals surface area contributed by atoms with Gasteiger partial charge < -0.3 is 9.64 Å². The number of ether oxygens (including phenoxy) is 1. The van der Waals surface area contributed by atoms with Crippen LogP contribution in [0.3, 0.4) is 0 Å². The summed E-state index contributed by atoms with van der Waals surface area (Å²) in [4.78, 5) is 14.9. The number of hydrogen-bond donors (Lipinski definition) is 0. The van der Waals surface area contributed by atoms with Crippen LogP contribution in [0.2, 0.25) is 0 Å². The lowest BCUT2D eigenvalue weighted by Crippen LogP contribution is -2.40. The summed E-state index contributed by atoms with van der Waals surface area (Å²) in [5.41, 5.74) is 3.14. The minimum absolute atomic E-state index is 0.131. The van der Waals surface area contributed by atoms with Crippen molar-refractivity contribution >= 4 is 5.91 Å². The predicted octanol–water partition coefficient (Wildman–Crippen LogP) is 2.12. The summed E-state index contributed by atoms with van der Waals surface area (Å²) in [5, 5.41) is 9.25. The molecule has 2 aromatic heterocycles. The summed E-state index contributed by atoms with van der Waals surface area (Å²) in [6.07, 6.45) is 9.60. The van der Waals surface area contributed by atoms with E-state index in [0.717, 1.165) is 36.4 Å². The molecule has 5 rings (SSSR count). The number of carbonyl (C=O) groups is 1. The highest BCUT2D eigenvalue weighted by atomic mass is 16.5. The van der Waals surface area contributed by atoms with E-state index < -0.39 is 0 Å². The van der Waals surface area contributed by atoms with Crippen molar-refractivity contribution in [3.8, 4) is 0 Å².